The van der Waals surface area contributed by atoms with Crippen LogP contribution in [0.25, 0.3) is 10.9 Å². The van der Waals surface area contributed by atoms with Gasteiger partial charge in [-0.15, -0.1) is 0 Å². The van der Waals surface area contributed by atoms with Gasteiger partial charge >= 0.3 is 0 Å². The fraction of sp³-hybridized carbons (Fsp3) is 0.167. The summed E-state index contributed by atoms with van der Waals surface area (Å²) in [5, 5.41) is 19.8. The molecule has 16 heavy (non-hydrogen) atoms. The van der Waals surface area contributed by atoms with Crippen LogP contribution in [0.5, 0.6) is 0 Å². The molecule has 0 spiro atoms. The van der Waals surface area contributed by atoms with Gasteiger partial charge in [-0.3, -0.25) is 4.98 Å². The van der Waals surface area contributed by atoms with Crippen LogP contribution in [0.2, 0.25) is 5.02 Å². The van der Waals surface area contributed by atoms with Crippen LogP contribution in [0, 0.1) is 11.3 Å². The highest BCUT2D eigenvalue weighted by Gasteiger charge is 2.13. The molecule has 0 radical (unpaired) electrons. The molecule has 0 aliphatic rings. The van der Waals surface area contributed by atoms with Gasteiger partial charge in [0.25, 0.3) is 0 Å². The van der Waals surface area contributed by atoms with E-state index in [0.29, 0.717) is 16.1 Å². The third-order valence-electron chi connectivity index (χ3n) is 2.39. The maximum atomic E-state index is 9.80. The largest absolute Gasteiger partial charge is 0.387 e. The number of fused-ring (bicyclic) bond motifs is 1. The summed E-state index contributed by atoms with van der Waals surface area (Å²) in [6.07, 6.45) is 0.869. The monoisotopic (exact) mass is 232 g/mol. The van der Waals surface area contributed by atoms with Crippen molar-refractivity contribution in [3.05, 3.63) is 41.0 Å². The molecular formula is C12H9ClN2O. The lowest BCUT2D eigenvalue weighted by molar-refractivity contribution is 0.185. The molecule has 0 saturated heterocycles. The zero-order valence-corrected chi connectivity index (χ0v) is 9.15. The van der Waals surface area contributed by atoms with Crippen molar-refractivity contribution < 1.29 is 5.11 Å². The van der Waals surface area contributed by atoms with Crippen molar-refractivity contribution in [2.24, 2.45) is 0 Å². The van der Waals surface area contributed by atoms with Crippen LogP contribution in [0.3, 0.4) is 0 Å². The van der Waals surface area contributed by atoms with E-state index in [1.807, 2.05) is 12.1 Å². The number of benzene rings is 1. The second-order valence-electron chi connectivity index (χ2n) is 3.41. The van der Waals surface area contributed by atoms with Crippen molar-refractivity contribution in [3.63, 3.8) is 0 Å². The summed E-state index contributed by atoms with van der Waals surface area (Å²) >= 11 is 6.02. The first kappa shape index (κ1) is 10.9. The van der Waals surface area contributed by atoms with Crippen LogP contribution in [-0.2, 0) is 0 Å². The van der Waals surface area contributed by atoms with Crippen LogP contribution < -0.4 is 0 Å². The molecule has 0 saturated carbocycles. The molecule has 0 fully saturated rings. The molecule has 0 amide bonds. The van der Waals surface area contributed by atoms with E-state index in [-0.39, 0.29) is 6.42 Å². The summed E-state index contributed by atoms with van der Waals surface area (Å²) in [7, 11) is 0. The minimum absolute atomic E-state index is 0.0489. The maximum Gasteiger partial charge on any atom is 0.0940 e. The van der Waals surface area contributed by atoms with E-state index in [2.05, 4.69) is 4.98 Å². The number of rotatable bonds is 2. The molecule has 4 heteroatoms. The number of hydrogen-bond donors (Lipinski definition) is 1. The fourth-order valence-corrected chi connectivity index (χ4v) is 1.84. The first-order chi connectivity index (χ1) is 7.74. The minimum Gasteiger partial charge on any atom is -0.387 e. The van der Waals surface area contributed by atoms with Crippen molar-refractivity contribution in [1.29, 1.82) is 5.26 Å². The molecular weight excluding hydrogens is 224 g/mol. The van der Waals surface area contributed by atoms with Crippen molar-refractivity contribution in [3.8, 4) is 6.07 Å². The summed E-state index contributed by atoms with van der Waals surface area (Å²) in [5.74, 6) is 0. The van der Waals surface area contributed by atoms with Crippen LogP contribution in [0.1, 0.15) is 18.1 Å². The number of aromatic nitrogens is 1. The third kappa shape index (κ3) is 1.85. The first-order valence-electron chi connectivity index (χ1n) is 4.82. The van der Waals surface area contributed by atoms with Gasteiger partial charge in [0, 0.05) is 22.2 Å². The van der Waals surface area contributed by atoms with Crippen molar-refractivity contribution in [1.82, 2.24) is 4.98 Å². The van der Waals surface area contributed by atoms with Crippen molar-refractivity contribution >= 4 is 22.5 Å². The summed E-state index contributed by atoms with van der Waals surface area (Å²) in [5.41, 5.74) is 1.29. The minimum atomic E-state index is -0.820. The Balaban J connectivity index is 2.63. The fourth-order valence-electron chi connectivity index (χ4n) is 1.63. The average molecular weight is 233 g/mol. The zero-order valence-electron chi connectivity index (χ0n) is 8.39. The molecule has 0 aliphatic carbocycles. The highest BCUT2D eigenvalue weighted by molar-refractivity contribution is 6.35. The number of pyridine rings is 1. The molecule has 0 aliphatic heterocycles. The van der Waals surface area contributed by atoms with Gasteiger partial charge in [0.05, 0.1) is 24.1 Å². The lowest BCUT2D eigenvalue weighted by Crippen LogP contribution is -1.98. The second kappa shape index (κ2) is 4.48. The zero-order chi connectivity index (χ0) is 11.5. The van der Waals surface area contributed by atoms with E-state index in [1.54, 1.807) is 24.4 Å². The van der Waals surface area contributed by atoms with Gasteiger partial charge in [0.15, 0.2) is 0 Å². The van der Waals surface area contributed by atoms with Gasteiger partial charge < -0.3 is 5.11 Å². The summed E-state index contributed by atoms with van der Waals surface area (Å²) in [4.78, 5) is 4.19. The summed E-state index contributed by atoms with van der Waals surface area (Å²) < 4.78 is 0. The maximum absolute atomic E-state index is 9.80. The van der Waals surface area contributed by atoms with E-state index in [4.69, 9.17) is 16.9 Å². The number of halogens is 1. The SMILES string of the molecule is N#CCC(O)c1ccc(Cl)c2cccnc12. The number of hydrogen-bond acceptors (Lipinski definition) is 3. The lowest BCUT2D eigenvalue weighted by Gasteiger charge is -2.10. The Morgan fingerprint density at radius 2 is 2.25 bits per heavy atom. The Kier molecular flexibility index (Phi) is 3.04. The van der Waals surface area contributed by atoms with Gasteiger partial charge in [-0.1, -0.05) is 17.7 Å². The molecule has 80 valence electrons. The van der Waals surface area contributed by atoms with Gasteiger partial charge in [0.2, 0.25) is 0 Å². The van der Waals surface area contributed by atoms with Crippen molar-refractivity contribution in [2.75, 3.05) is 0 Å². The topological polar surface area (TPSA) is 56.9 Å². The molecule has 1 aromatic heterocycles. The predicted molar refractivity (Wildman–Crippen MR) is 61.9 cm³/mol. The summed E-state index contributed by atoms with van der Waals surface area (Å²) in [6.45, 7) is 0. The standard InChI is InChI=1S/C12H9ClN2O/c13-10-4-3-9(11(16)5-6-14)12-8(10)2-1-7-15-12/h1-4,7,11,16H,5H2. The molecule has 1 N–H and O–H groups in total. The Morgan fingerprint density at radius 3 is 3.00 bits per heavy atom. The molecule has 1 atom stereocenters. The molecule has 2 rings (SSSR count). The van der Waals surface area contributed by atoms with E-state index < -0.39 is 6.10 Å². The Hall–Kier alpha value is -1.63. The predicted octanol–water partition coefficient (Wildman–Crippen LogP) is 2.84. The van der Waals surface area contributed by atoms with E-state index in [1.165, 1.54) is 0 Å². The van der Waals surface area contributed by atoms with E-state index >= 15 is 0 Å². The molecule has 3 nitrogen and oxygen atoms in total. The normalized spacial score (nSPS) is 12.3. The quantitative estimate of drug-likeness (QED) is 0.866. The highest BCUT2D eigenvalue weighted by atomic mass is 35.5. The lowest BCUT2D eigenvalue weighted by atomic mass is 10.0. The second-order valence-corrected chi connectivity index (χ2v) is 3.82. The van der Waals surface area contributed by atoms with Crippen LogP contribution >= 0.6 is 11.6 Å². The Labute approximate surface area is 97.9 Å². The third-order valence-corrected chi connectivity index (χ3v) is 2.72. The highest BCUT2D eigenvalue weighted by Crippen LogP contribution is 2.29. The molecule has 1 heterocycles. The molecule has 2 aromatic rings. The Morgan fingerprint density at radius 1 is 1.44 bits per heavy atom. The number of nitrogens with zero attached hydrogens (tertiary/aromatic N) is 2. The van der Waals surface area contributed by atoms with Crippen molar-refractivity contribution in [2.45, 2.75) is 12.5 Å². The van der Waals surface area contributed by atoms with Gasteiger partial charge in [-0.05, 0) is 18.2 Å². The smallest absolute Gasteiger partial charge is 0.0940 e. The molecule has 0 bridgehead atoms. The average Bonchev–Trinajstić information content (AvgIpc) is 2.30. The van der Waals surface area contributed by atoms with Crippen LogP contribution in [0.4, 0.5) is 0 Å². The molecule has 1 unspecified atom stereocenters. The van der Waals surface area contributed by atoms with Gasteiger partial charge in [0.1, 0.15) is 0 Å². The van der Waals surface area contributed by atoms with Gasteiger partial charge in [-0.25, -0.2) is 0 Å². The van der Waals surface area contributed by atoms with E-state index in [9.17, 15) is 5.11 Å². The number of aliphatic hydroxyl groups is 1. The van der Waals surface area contributed by atoms with E-state index in [0.717, 1.165) is 5.39 Å². The van der Waals surface area contributed by atoms with Crippen LogP contribution in [-0.4, -0.2) is 10.1 Å². The first-order valence-corrected chi connectivity index (χ1v) is 5.20. The van der Waals surface area contributed by atoms with Gasteiger partial charge in [-0.2, -0.15) is 5.26 Å². The van der Waals surface area contributed by atoms with Crippen LogP contribution in [0.15, 0.2) is 30.5 Å². The Bertz CT molecular complexity index is 562. The number of nitriles is 1. The summed E-state index contributed by atoms with van der Waals surface area (Å²) in [6, 6.07) is 8.98. The number of aliphatic hydroxyl groups excluding tert-OH is 1. The molecule has 1 aromatic carbocycles.